The van der Waals surface area contributed by atoms with Gasteiger partial charge in [-0.2, -0.15) is 0 Å². The molecule has 5 rings (SSSR count). The van der Waals surface area contributed by atoms with Gasteiger partial charge in [-0.15, -0.1) is 0 Å². The Bertz CT molecular complexity index is 1100. The summed E-state index contributed by atoms with van der Waals surface area (Å²) in [6.07, 6.45) is 3.08. The third kappa shape index (κ3) is 4.27. The van der Waals surface area contributed by atoms with Crippen LogP contribution in [0, 0.1) is 0 Å². The number of fused-ring (bicyclic) bond motifs is 1. The summed E-state index contributed by atoms with van der Waals surface area (Å²) in [5, 5.41) is 9.29. The van der Waals surface area contributed by atoms with Crippen molar-refractivity contribution in [3.05, 3.63) is 96.3 Å². The first kappa shape index (κ1) is 20.7. The van der Waals surface area contributed by atoms with Crippen LogP contribution in [0.25, 0.3) is 11.0 Å². The van der Waals surface area contributed by atoms with Gasteiger partial charge in [0, 0.05) is 31.9 Å². The zero-order valence-electron chi connectivity index (χ0n) is 18.3. The zero-order chi connectivity index (χ0) is 21.8. The van der Waals surface area contributed by atoms with Crippen LogP contribution in [0.2, 0.25) is 0 Å². The molecule has 4 aromatic rings. The van der Waals surface area contributed by atoms with Crippen LogP contribution in [0.15, 0.2) is 85.2 Å². The summed E-state index contributed by atoms with van der Waals surface area (Å²) < 4.78 is 2.30. The van der Waals surface area contributed by atoms with Crippen molar-refractivity contribution >= 4 is 16.7 Å². The van der Waals surface area contributed by atoms with E-state index in [-0.39, 0.29) is 12.6 Å². The van der Waals surface area contributed by atoms with Crippen molar-refractivity contribution in [1.82, 2.24) is 14.5 Å². The van der Waals surface area contributed by atoms with Crippen molar-refractivity contribution in [1.29, 1.82) is 0 Å². The number of β-amino-alcohol motifs (C(OH)–C–C–N with tert-alkyl or cyclic N) is 1. The van der Waals surface area contributed by atoms with Crippen LogP contribution in [-0.2, 0) is 0 Å². The van der Waals surface area contributed by atoms with E-state index in [0.29, 0.717) is 0 Å². The van der Waals surface area contributed by atoms with Crippen molar-refractivity contribution in [2.45, 2.75) is 12.5 Å². The molecule has 0 saturated carbocycles. The Kier molecular flexibility index (Phi) is 6.19. The van der Waals surface area contributed by atoms with E-state index < -0.39 is 0 Å². The first-order valence-electron chi connectivity index (χ1n) is 11.5. The minimum atomic E-state index is 0.0711. The number of anilines is 1. The second-order valence-electron chi connectivity index (χ2n) is 8.45. The molecule has 1 aromatic heterocycles. The van der Waals surface area contributed by atoms with Gasteiger partial charge in [-0.05, 0) is 42.3 Å². The number of hydrogen-bond donors (Lipinski definition) is 1. The number of imidazole rings is 1. The molecule has 1 fully saturated rings. The van der Waals surface area contributed by atoms with E-state index in [9.17, 15) is 5.11 Å². The average molecular weight is 427 g/mol. The average Bonchev–Trinajstić information content (AvgIpc) is 3.10. The molecule has 1 aliphatic rings. The third-order valence-corrected chi connectivity index (χ3v) is 6.44. The molecule has 2 heterocycles. The maximum Gasteiger partial charge on any atom is 0.0966 e. The lowest BCUT2D eigenvalue weighted by Gasteiger charge is -2.25. The highest BCUT2D eigenvalue weighted by molar-refractivity contribution is 5.80. The number of nitrogens with zero attached hydrogens (tertiary/aromatic N) is 4. The Hall–Kier alpha value is -3.15. The van der Waals surface area contributed by atoms with E-state index >= 15 is 0 Å². The van der Waals surface area contributed by atoms with Gasteiger partial charge in [0.05, 0.1) is 30.0 Å². The summed E-state index contributed by atoms with van der Waals surface area (Å²) in [4.78, 5) is 9.56. The number of benzene rings is 3. The molecule has 0 bridgehead atoms. The lowest BCUT2D eigenvalue weighted by atomic mass is 9.98. The summed E-state index contributed by atoms with van der Waals surface area (Å²) in [6.45, 7) is 5.01. The minimum absolute atomic E-state index is 0.0711. The predicted molar refractivity (Wildman–Crippen MR) is 130 cm³/mol. The number of aromatic nitrogens is 2. The van der Waals surface area contributed by atoms with Crippen LogP contribution in [-0.4, -0.2) is 58.9 Å². The highest BCUT2D eigenvalue weighted by atomic mass is 16.3. The van der Waals surface area contributed by atoms with Crippen molar-refractivity contribution < 1.29 is 5.11 Å². The maximum atomic E-state index is 9.29. The van der Waals surface area contributed by atoms with Gasteiger partial charge < -0.3 is 14.6 Å². The van der Waals surface area contributed by atoms with Crippen molar-refractivity contribution in [2.75, 3.05) is 44.2 Å². The summed E-state index contributed by atoms with van der Waals surface area (Å²) in [5.41, 5.74) is 5.90. The molecule has 0 unspecified atom stereocenters. The van der Waals surface area contributed by atoms with Gasteiger partial charge in [-0.1, -0.05) is 60.7 Å². The summed E-state index contributed by atoms with van der Waals surface area (Å²) in [7, 11) is 0. The van der Waals surface area contributed by atoms with Gasteiger partial charge in [0.2, 0.25) is 0 Å². The monoisotopic (exact) mass is 426 g/mol. The molecule has 3 aromatic carbocycles. The molecule has 32 heavy (non-hydrogen) atoms. The molecular formula is C27H30N4O. The Morgan fingerprint density at radius 2 is 1.53 bits per heavy atom. The quantitative estimate of drug-likeness (QED) is 0.502. The molecule has 0 spiro atoms. The molecule has 0 amide bonds. The molecule has 1 N–H and O–H groups in total. The van der Waals surface area contributed by atoms with E-state index in [1.54, 1.807) is 0 Å². The SMILES string of the molecule is OCCN1CCCN(c2ccc3ncn(C(c4ccccc4)c4ccccc4)c3c2)CC1. The van der Waals surface area contributed by atoms with E-state index in [1.807, 2.05) is 6.33 Å². The Balaban J connectivity index is 1.53. The van der Waals surface area contributed by atoms with Gasteiger partial charge in [-0.3, -0.25) is 4.90 Å². The van der Waals surface area contributed by atoms with Crippen LogP contribution in [0.5, 0.6) is 0 Å². The van der Waals surface area contributed by atoms with E-state index in [0.717, 1.165) is 50.2 Å². The van der Waals surface area contributed by atoms with Gasteiger partial charge in [0.1, 0.15) is 0 Å². The highest BCUT2D eigenvalue weighted by Gasteiger charge is 2.20. The number of hydrogen-bond acceptors (Lipinski definition) is 4. The van der Waals surface area contributed by atoms with Crippen LogP contribution >= 0.6 is 0 Å². The maximum absolute atomic E-state index is 9.29. The van der Waals surface area contributed by atoms with Gasteiger partial charge >= 0.3 is 0 Å². The van der Waals surface area contributed by atoms with Crippen LogP contribution in [0.1, 0.15) is 23.6 Å². The smallest absolute Gasteiger partial charge is 0.0966 e. The summed E-state index contributed by atoms with van der Waals surface area (Å²) in [6, 6.07) is 28.0. The Labute approximate surface area is 189 Å². The molecule has 5 heteroatoms. The molecule has 1 saturated heterocycles. The van der Waals surface area contributed by atoms with E-state index in [2.05, 4.69) is 93.2 Å². The predicted octanol–water partition coefficient (Wildman–Crippen LogP) is 4.18. The van der Waals surface area contributed by atoms with E-state index in [4.69, 9.17) is 4.98 Å². The molecule has 164 valence electrons. The van der Waals surface area contributed by atoms with Crippen LogP contribution in [0.4, 0.5) is 5.69 Å². The number of aliphatic hydroxyl groups is 1. The fourth-order valence-electron chi connectivity index (χ4n) is 4.80. The first-order chi connectivity index (χ1) is 15.8. The molecule has 0 atom stereocenters. The summed E-state index contributed by atoms with van der Waals surface area (Å²) >= 11 is 0. The molecule has 0 aliphatic carbocycles. The fraction of sp³-hybridized carbons (Fsp3) is 0.296. The molecular weight excluding hydrogens is 396 g/mol. The largest absolute Gasteiger partial charge is 0.395 e. The van der Waals surface area contributed by atoms with Gasteiger partial charge in [0.25, 0.3) is 0 Å². The second-order valence-corrected chi connectivity index (χ2v) is 8.45. The molecule has 5 nitrogen and oxygen atoms in total. The standard InChI is InChI=1S/C27H30N4O/c32-19-18-29-14-7-15-30(17-16-29)24-12-13-25-26(20-24)31(21-28-25)27(22-8-3-1-4-9-22)23-10-5-2-6-11-23/h1-6,8-13,20-21,27,32H,7,14-19H2. The van der Waals surface area contributed by atoms with Crippen molar-refractivity contribution in [3.8, 4) is 0 Å². The fourth-order valence-corrected chi connectivity index (χ4v) is 4.80. The van der Waals surface area contributed by atoms with Crippen LogP contribution in [0.3, 0.4) is 0 Å². The van der Waals surface area contributed by atoms with Gasteiger partial charge in [0.15, 0.2) is 0 Å². The molecule has 1 aliphatic heterocycles. The van der Waals surface area contributed by atoms with Crippen molar-refractivity contribution in [2.24, 2.45) is 0 Å². The zero-order valence-corrected chi connectivity index (χ0v) is 18.3. The highest BCUT2D eigenvalue weighted by Crippen LogP contribution is 2.31. The lowest BCUT2D eigenvalue weighted by Crippen LogP contribution is -2.32. The van der Waals surface area contributed by atoms with Crippen molar-refractivity contribution in [3.63, 3.8) is 0 Å². The van der Waals surface area contributed by atoms with E-state index in [1.165, 1.54) is 16.8 Å². The second kappa shape index (κ2) is 9.55. The minimum Gasteiger partial charge on any atom is -0.395 e. The Morgan fingerprint density at radius 3 is 2.22 bits per heavy atom. The van der Waals surface area contributed by atoms with Gasteiger partial charge in [-0.25, -0.2) is 4.98 Å². The normalized spacial score (nSPS) is 15.4. The Morgan fingerprint density at radius 1 is 0.812 bits per heavy atom. The number of aliphatic hydroxyl groups excluding tert-OH is 1. The lowest BCUT2D eigenvalue weighted by molar-refractivity contribution is 0.204. The first-order valence-corrected chi connectivity index (χ1v) is 11.5. The number of rotatable bonds is 6. The topological polar surface area (TPSA) is 44.5 Å². The summed E-state index contributed by atoms with van der Waals surface area (Å²) in [5.74, 6) is 0. The molecule has 0 radical (unpaired) electrons. The third-order valence-electron chi connectivity index (χ3n) is 6.44. The van der Waals surface area contributed by atoms with Crippen LogP contribution < -0.4 is 4.90 Å².